The minimum atomic E-state index is -0.346. The second-order valence-corrected chi connectivity index (χ2v) is 8.94. The predicted molar refractivity (Wildman–Crippen MR) is 120 cm³/mol. The Hall–Kier alpha value is -2.70. The van der Waals surface area contributed by atoms with Crippen molar-refractivity contribution < 1.29 is 9.53 Å². The largest absolute Gasteiger partial charge is 0.366 e. The highest BCUT2D eigenvalue weighted by molar-refractivity contribution is 5.81. The summed E-state index contributed by atoms with van der Waals surface area (Å²) >= 11 is 0. The summed E-state index contributed by atoms with van der Waals surface area (Å²) in [5.74, 6) is 0.124. The Bertz CT molecular complexity index is 1070. The third-order valence-corrected chi connectivity index (χ3v) is 6.97. The van der Waals surface area contributed by atoms with Crippen molar-refractivity contribution in [2.24, 2.45) is 0 Å². The Morgan fingerprint density at radius 3 is 2.58 bits per heavy atom. The van der Waals surface area contributed by atoms with Gasteiger partial charge in [0.15, 0.2) is 0 Å². The number of benzene rings is 1. The van der Waals surface area contributed by atoms with Gasteiger partial charge in [0.2, 0.25) is 0 Å². The average Bonchev–Trinajstić information content (AvgIpc) is 3.26. The number of hydrogen-bond acceptors (Lipinski definition) is 4. The van der Waals surface area contributed by atoms with Crippen LogP contribution in [0.15, 0.2) is 54.9 Å². The van der Waals surface area contributed by atoms with Crippen LogP contribution in [-0.2, 0) is 14.9 Å². The molecule has 1 unspecified atom stereocenters. The van der Waals surface area contributed by atoms with Gasteiger partial charge in [0.1, 0.15) is 11.8 Å². The topological polar surface area (TPSA) is 50.1 Å². The summed E-state index contributed by atoms with van der Waals surface area (Å²) in [6.07, 6.45) is 5.60. The van der Waals surface area contributed by atoms with E-state index in [9.17, 15) is 4.79 Å². The molecule has 5 rings (SSSR count). The van der Waals surface area contributed by atoms with Gasteiger partial charge in [-0.3, -0.25) is 4.79 Å². The predicted octanol–water partition coefficient (Wildman–Crippen LogP) is 2.88. The van der Waals surface area contributed by atoms with Crippen LogP contribution in [0.2, 0.25) is 0 Å². The molecule has 2 saturated heterocycles. The van der Waals surface area contributed by atoms with E-state index >= 15 is 0 Å². The van der Waals surface area contributed by atoms with Crippen molar-refractivity contribution in [3.8, 4) is 0 Å². The van der Waals surface area contributed by atoms with Crippen LogP contribution in [0, 0.1) is 6.92 Å². The highest BCUT2D eigenvalue weighted by Crippen LogP contribution is 2.41. The number of hydrogen-bond donors (Lipinski definition) is 0. The lowest BCUT2D eigenvalue weighted by atomic mass is 9.70. The SMILES string of the molecule is Cc1cccn2cc(C3(c4ccccc4)CCN(C(=O)C4CN(C)CCO4)CC3)nc12. The zero-order valence-corrected chi connectivity index (χ0v) is 18.3. The fraction of sp³-hybridized carbons (Fsp3) is 0.440. The summed E-state index contributed by atoms with van der Waals surface area (Å²) in [6, 6.07) is 14.8. The van der Waals surface area contributed by atoms with E-state index in [1.165, 1.54) is 11.1 Å². The van der Waals surface area contributed by atoms with Gasteiger partial charge in [-0.1, -0.05) is 36.4 Å². The van der Waals surface area contributed by atoms with Gasteiger partial charge in [-0.15, -0.1) is 0 Å². The van der Waals surface area contributed by atoms with Crippen LogP contribution in [0.25, 0.3) is 5.65 Å². The number of fused-ring (bicyclic) bond motifs is 1. The molecule has 6 heteroatoms. The number of imidazole rings is 1. The van der Waals surface area contributed by atoms with E-state index in [1.807, 2.05) is 11.9 Å². The first-order valence-electron chi connectivity index (χ1n) is 11.2. The molecule has 4 heterocycles. The van der Waals surface area contributed by atoms with E-state index in [4.69, 9.17) is 9.72 Å². The van der Waals surface area contributed by atoms with Gasteiger partial charge in [0.05, 0.1) is 12.3 Å². The van der Waals surface area contributed by atoms with Crippen molar-refractivity contribution in [2.75, 3.05) is 39.8 Å². The highest BCUT2D eigenvalue weighted by Gasteiger charge is 2.42. The number of rotatable bonds is 3. The number of piperidine rings is 1. The molecule has 1 atom stereocenters. The molecule has 2 aromatic heterocycles. The molecule has 3 aromatic rings. The van der Waals surface area contributed by atoms with Crippen molar-refractivity contribution >= 4 is 11.6 Å². The van der Waals surface area contributed by atoms with E-state index in [-0.39, 0.29) is 17.4 Å². The van der Waals surface area contributed by atoms with E-state index < -0.39 is 0 Å². The zero-order valence-electron chi connectivity index (χ0n) is 18.3. The quantitative estimate of drug-likeness (QED) is 0.656. The summed E-state index contributed by atoms with van der Waals surface area (Å²) in [5.41, 5.74) is 4.35. The van der Waals surface area contributed by atoms with Crippen LogP contribution in [0.1, 0.15) is 29.7 Å². The molecule has 0 N–H and O–H groups in total. The number of nitrogens with zero attached hydrogens (tertiary/aromatic N) is 4. The Kier molecular flexibility index (Phi) is 5.28. The summed E-state index contributed by atoms with van der Waals surface area (Å²) in [7, 11) is 2.05. The Balaban J connectivity index is 1.45. The number of pyridine rings is 1. The molecule has 31 heavy (non-hydrogen) atoms. The van der Waals surface area contributed by atoms with Gasteiger partial charge < -0.3 is 18.9 Å². The fourth-order valence-electron chi connectivity index (χ4n) is 5.07. The monoisotopic (exact) mass is 418 g/mol. The third-order valence-electron chi connectivity index (χ3n) is 6.97. The lowest BCUT2D eigenvalue weighted by Gasteiger charge is -2.43. The molecule has 2 aliphatic heterocycles. The van der Waals surface area contributed by atoms with E-state index in [0.717, 1.165) is 30.7 Å². The number of amides is 1. The Labute approximate surface area is 183 Å². The number of aryl methyl sites for hydroxylation is 1. The second kappa shape index (κ2) is 8.09. The van der Waals surface area contributed by atoms with Crippen LogP contribution < -0.4 is 0 Å². The van der Waals surface area contributed by atoms with Crippen molar-refractivity contribution in [1.82, 2.24) is 19.2 Å². The molecule has 0 aliphatic carbocycles. The van der Waals surface area contributed by atoms with E-state index in [1.54, 1.807) is 0 Å². The summed E-state index contributed by atoms with van der Waals surface area (Å²) in [6.45, 7) is 5.70. The molecule has 1 amide bonds. The normalized spacial score (nSPS) is 22.0. The molecule has 0 radical (unpaired) electrons. The number of morpholine rings is 1. The molecular formula is C25H30N4O2. The van der Waals surface area contributed by atoms with Gasteiger partial charge in [-0.2, -0.15) is 0 Å². The number of ether oxygens (including phenoxy) is 1. The molecule has 2 fully saturated rings. The molecule has 1 aromatic carbocycles. The lowest BCUT2D eigenvalue weighted by molar-refractivity contribution is -0.150. The molecule has 0 bridgehead atoms. The standard InChI is InChI=1S/C25H30N4O2/c1-19-7-6-12-29-18-22(26-23(19)29)25(20-8-4-3-5-9-20)10-13-28(14-11-25)24(30)21-17-27(2)15-16-31-21/h3-9,12,18,21H,10-11,13-17H2,1-2H3. The third kappa shape index (κ3) is 3.64. The minimum Gasteiger partial charge on any atom is -0.366 e. The molecule has 162 valence electrons. The minimum absolute atomic E-state index is 0.124. The first kappa shape index (κ1) is 20.2. The van der Waals surface area contributed by atoms with Crippen LogP contribution in [0.3, 0.4) is 0 Å². The lowest BCUT2D eigenvalue weighted by Crippen LogP contribution is -2.53. The maximum atomic E-state index is 13.1. The number of carbonyl (C=O) groups is 1. The number of likely N-dealkylation sites (N-methyl/N-ethyl adjacent to an activating group) is 1. The Morgan fingerprint density at radius 2 is 1.87 bits per heavy atom. The van der Waals surface area contributed by atoms with Gasteiger partial charge in [0, 0.05) is 44.0 Å². The van der Waals surface area contributed by atoms with Crippen LogP contribution >= 0.6 is 0 Å². The van der Waals surface area contributed by atoms with Gasteiger partial charge in [-0.05, 0) is 44.0 Å². The maximum Gasteiger partial charge on any atom is 0.253 e. The van der Waals surface area contributed by atoms with Crippen molar-refractivity contribution in [1.29, 1.82) is 0 Å². The van der Waals surface area contributed by atoms with Crippen molar-refractivity contribution in [3.63, 3.8) is 0 Å². The van der Waals surface area contributed by atoms with Gasteiger partial charge in [-0.25, -0.2) is 4.98 Å². The van der Waals surface area contributed by atoms with Gasteiger partial charge >= 0.3 is 0 Å². The molecule has 6 nitrogen and oxygen atoms in total. The molecule has 0 spiro atoms. The van der Waals surface area contributed by atoms with Crippen LogP contribution in [0.5, 0.6) is 0 Å². The molecule has 2 aliphatic rings. The van der Waals surface area contributed by atoms with E-state index in [2.05, 4.69) is 71.1 Å². The van der Waals surface area contributed by atoms with E-state index in [0.29, 0.717) is 26.2 Å². The molecular weight excluding hydrogens is 388 g/mol. The summed E-state index contributed by atoms with van der Waals surface area (Å²) in [4.78, 5) is 22.4. The number of likely N-dealkylation sites (tertiary alicyclic amines) is 1. The highest BCUT2D eigenvalue weighted by atomic mass is 16.5. The smallest absolute Gasteiger partial charge is 0.253 e. The average molecular weight is 419 g/mol. The second-order valence-electron chi connectivity index (χ2n) is 8.94. The number of carbonyl (C=O) groups excluding carboxylic acids is 1. The maximum absolute atomic E-state index is 13.1. The van der Waals surface area contributed by atoms with Crippen LogP contribution in [-0.4, -0.2) is 71.0 Å². The van der Waals surface area contributed by atoms with Crippen LogP contribution in [0.4, 0.5) is 0 Å². The van der Waals surface area contributed by atoms with Crippen molar-refractivity contribution in [2.45, 2.75) is 31.3 Å². The first-order valence-corrected chi connectivity index (χ1v) is 11.2. The van der Waals surface area contributed by atoms with Gasteiger partial charge in [0.25, 0.3) is 5.91 Å². The summed E-state index contributed by atoms with van der Waals surface area (Å²) < 4.78 is 7.91. The first-order chi connectivity index (χ1) is 15.1. The van der Waals surface area contributed by atoms with Crippen molar-refractivity contribution in [3.05, 3.63) is 71.7 Å². The number of aromatic nitrogens is 2. The summed E-state index contributed by atoms with van der Waals surface area (Å²) in [5, 5.41) is 0. The molecule has 0 saturated carbocycles. The Morgan fingerprint density at radius 1 is 1.10 bits per heavy atom. The fourth-order valence-corrected chi connectivity index (χ4v) is 5.07. The zero-order chi connectivity index (χ0) is 21.4.